The Labute approximate surface area is 124 Å². The number of amides is 1. The SMILES string of the molecule is O=C1CCc2cc([N+](=O)[O-])c(NCc3cncs3)cc2N1. The van der Waals surface area contributed by atoms with E-state index in [2.05, 4.69) is 15.6 Å². The number of nitro groups is 1. The van der Waals surface area contributed by atoms with Crippen molar-refractivity contribution >= 4 is 34.3 Å². The molecule has 0 aliphatic carbocycles. The molecule has 7 nitrogen and oxygen atoms in total. The molecule has 2 heterocycles. The summed E-state index contributed by atoms with van der Waals surface area (Å²) >= 11 is 1.47. The second kappa shape index (κ2) is 5.49. The Hall–Kier alpha value is -2.48. The fraction of sp³-hybridized carbons (Fsp3) is 0.231. The first-order chi connectivity index (χ1) is 10.1. The summed E-state index contributed by atoms with van der Waals surface area (Å²) in [4.78, 5) is 27.2. The van der Waals surface area contributed by atoms with Crippen molar-refractivity contribution in [2.24, 2.45) is 0 Å². The highest BCUT2D eigenvalue weighted by Crippen LogP contribution is 2.34. The van der Waals surface area contributed by atoms with Gasteiger partial charge in [-0.15, -0.1) is 11.3 Å². The van der Waals surface area contributed by atoms with Gasteiger partial charge in [-0.1, -0.05) is 0 Å². The van der Waals surface area contributed by atoms with Crippen LogP contribution < -0.4 is 10.6 Å². The number of thiazole rings is 1. The van der Waals surface area contributed by atoms with E-state index < -0.39 is 4.92 Å². The second-order valence-corrected chi connectivity index (χ2v) is 5.62. The smallest absolute Gasteiger partial charge is 0.292 e. The van der Waals surface area contributed by atoms with Gasteiger partial charge >= 0.3 is 0 Å². The number of hydrogen-bond donors (Lipinski definition) is 2. The maximum Gasteiger partial charge on any atom is 0.292 e. The lowest BCUT2D eigenvalue weighted by Crippen LogP contribution is -2.19. The number of hydrogen-bond acceptors (Lipinski definition) is 6. The summed E-state index contributed by atoms with van der Waals surface area (Å²) in [6.07, 6.45) is 2.60. The van der Waals surface area contributed by atoms with E-state index in [1.165, 1.54) is 17.4 Å². The molecule has 108 valence electrons. The number of aromatic nitrogens is 1. The average molecular weight is 304 g/mol. The summed E-state index contributed by atoms with van der Waals surface area (Å²) in [6, 6.07) is 3.16. The quantitative estimate of drug-likeness (QED) is 0.668. The van der Waals surface area contributed by atoms with Gasteiger partial charge in [0.15, 0.2) is 0 Å². The van der Waals surface area contributed by atoms with Crippen LogP contribution in [-0.2, 0) is 17.8 Å². The number of carbonyl (C=O) groups excluding carboxylic acids is 1. The van der Waals surface area contributed by atoms with Gasteiger partial charge in [0.05, 0.1) is 17.0 Å². The zero-order valence-electron chi connectivity index (χ0n) is 11.0. The summed E-state index contributed by atoms with van der Waals surface area (Å²) in [5.74, 6) is -0.0650. The molecule has 1 aliphatic rings. The topological polar surface area (TPSA) is 97.2 Å². The predicted molar refractivity (Wildman–Crippen MR) is 79.5 cm³/mol. The number of anilines is 2. The lowest BCUT2D eigenvalue weighted by molar-refractivity contribution is -0.384. The van der Waals surface area contributed by atoms with Crippen LogP contribution in [0.1, 0.15) is 16.9 Å². The van der Waals surface area contributed by atoms with Crippen LogP contribution >= 0.6 is 11.3 Å². The maximum absolute atomic E-state index is 11.4. The van der Waals surface area contributed by atoms with Crippen LogP contribution in [-0.4, -0.2) is 15.8 Å². The van der Waals surface area contributed by atoms with Gasteiger partial charge in [0.2, 0.25) is 5.91 Å². The summed E-state index contributed by atoms with van der Waals surface area (Å²) in [6.45, 7) is 0.457. The molecular weight excluding hydrogens is 292 g/mol. The van der Waals surface area contributed by atoms with E-state index in [1.807, 2.05) is 0 Å². The number of nitrogens with one attached hydrogen (secondary N) is 2. The minimum atomic E-state index is -0.411. The highest BCUT2D eigenvalue weighted by atomic mass is 32.1. The largest absolute Gasteiger partial charge is 0.374 e. The third kappa shape index (κ3) is 2.84. The van der Waals surface area contributed by atoms with Crippen molar-refractivity contribution < 1.29 is 9.72 Å². The molecule has 21 heavy (non-hydrogen) atoms. The van der Waals surface area contributed by atoms with Gasteiger partial charge in [-0.25, -0.2) is 0 Å². The molecule has 0 saturated carbocycles. The van der Waals surface area contributed by atoms with Crippen molar-refractivity contribution in [1.29, 1.82) is 0 Å². The minimum absolute atomic E-state index is 0.0226. The van der Waals surface area contributed by atoms with E-state index in [9.17, 15) is 14.9 Å². The molecule has 0 bridgehead atoms. The molecule has 2 aromatic rings. The van der Waals surface area contributed by atoms with Crippen LogP contribution in [0.25, 0.3) is 0 Å². The standard InChI is InChI=1S/C13H12N4O3S/c18-13-2-1-8-3-12(17(19)20)11(4-10(8)16-13)15-6-9-5-14-7-21-9/h3-5,7,15H,1-2,6H2,(H,16,18). The number of nitrogens with zero attached hydrogens (tertiary/aromatic N) is 2. The van der Waals surface area contributed by atoms with E-state index in [4.69, 9.17) is 0 Å². The first kappa shape index (κ1) is 13.5. The second-order valence-electron chi connectivity index (χ2n) is 4.65. The van der Waals surface area contributed by atoms with Gasteiger partial charge < -0.3 is 10.6 Å². The first-order valence-corrected chi connectivity index (χ1v) is 7.24. The van der Waals surface area contributed by atoms with Crippen LogP contribution in [0, 0.1) is 10.1 Å². The molecule has 8 heteroatoms. The van der Waals surface area contributed by atoms with Crippen molar-refractivity contribution in [3.63, 3.8) is 0 Å². The van der Waals surface area contributed by atoms with Gasteiger partial charge in [-0.05, 0) is 18.1 Å². The first-order valence-electron chi connectivity index (χ1n) is 6.36. The summed E-state index contributed by atoms with van der Waals surface area (Å²) in [7, 11) is 0. The van der Waals surface area contributed by atoms with E-state index >= 15 is 0 Å². The zero-order chi connectivity index (χ0) is 14.8. The molecule has 1 aliphatic heterocycles. The number of carbonyl (C=O) groups is 1. The Morgan fingerprint density at radius 2 is 2.29 bits per heavy atom. The van der Waals surface area contributed by atoms with Crippen LogP contribution in [0.3, 0.4) is 0 Å². The normalized spacial score (nSPS) is 13.4. The predicted octanol–water partition coefficient (Wildman–Crippen LogP) is 2.55. The fourth-order valence-electron chi connectivity index (χ4n) is 2.22. The molecule has 1 aromatic heterocycles. The third-order valence-corrected chi connectivity index (χ3v) is 4.03. The van der Waals surface area contributed by atoms with Crippen LogP contribution in [0.4, 0.5) is 17.1 Å². The molecule has 1 amide bonds. The third-order valence-electron chi connectivity index (χ3n) is 3.25. The van der Waals surface area contributed by atoms with E-state index in [0.29, 0.717) is 30.8 Å². The molecule has 0 atom stereocenters. The maximum atomic E-state index is 11.4. The monoisotopic (exact) mass is 304 g/mol. The number of fused-ring (bicyclic) bond motifs is 1. The minimum Gasteiger partial charge on any atom is -0.374 e. The number of nitro benzene ring substituents is 1. The Bertz CT molecular complexity index is 700. The van der Waals surface area contributed by atoms with Gasteiger partial charge in [-0.2, -0.15) is 0 Å². The molecule has 0 saturated heterocycles. The van der Waals surface area contributed by atoms with Crippen molar-refractivity contribution in [1.82, 2.24) is 4.98 Å². The van der Waals surface area contributed by atoms with Gasteiger partial charge in [0.25, 0.3) is 5.69 Å². The average Bonchev–Trinajstić information content (AvgIpc) is 2.97. The molecule has 2 N–H and O–H groups in total. The van der Waals surface area contributed by atoms with Crippen LogP contribution in [0.15, 0.2) is 23.8 Å². The molecule has 0 radical (unpaired) electrons. The van der Waals surface area contributed by atoms with Crippen molar-refractivity contribution in [2.45, 2.75) is 19.4 Å². The highest BCUT2D eigenvalue weighted by Gasteiger charge is 2.22. The zero-order valence-corrected chi connectivity index (χ0v) is 11.8. The summed E-state index contributed by atoms with van der Waals surface area (Å²) in [5.41, 5.74) is 3.57. The van der Waals surface area contributed by atoms with Crippen molar-refractivity contribution in [3.05, 3.63) is 44.4 Å². The number of benzene rings is 1. The van der Waals surface area contributed by atoms with Crippen molar-refractivity contribution in [2.75, 3.05) is 10.6 Å². The Balaban J connectivity index is 1.91. The van der Waals surface area contributed by atoms with E-state index in [0.717, 1.165) is 10.4 Å². The molecule has 0 unspecified atom stereocenters. The lowest BCUT2D eigenvalue weighted by atomic mass is 10.0. The Kier molecular flexibility index (Phi) is 3.53. The number of aryl methyl sites for hydroxylation is 1. The molecular formula is C13H12N4O3S. The highest BCUT2D eigenvalue weighted by molar-refractivity contribution is 7.09. The molecule has 3 rings (SSSR count). The van der Waals surface area contributed by atoms with Gasteiger partial charge in [-0.3, -0.25) is 19.9 Å². The summed E-state index contributed by atoms with van der Waals surface area (Å²) in [5, 5.41) is 17.0. The Morgan fingerprint density at radius 1 is 1.43 bits per heavy atom. The number of rotatable bonds is 4. The van der Waals surface area contributed by atoms with Crippen molar-refractivity contribution in [3.8, 4) is 0 Å². The fourth-order valence-corrected chi connectivity index (χ4v) is 2.75. The summed E-state index contributed by atoms with van der Waals surface area (Å²) < 4.78 is 0. The van der Waals surface area contributed by atoms with Gasteiger partial charge in [0, 0.05) is 29.2 Å². The molecule has 0 fully saturated rings. The van der Waals surface area contributed by atoms with Crippen LogP contribution in [0.2, 0.25) is 0 Å². The van der Waals surface area contributed by atoms with E-state index in [-0.39, 0.29) is 11.6 Å². The Morgan fingerprint density at radius 3 is 3.00 bits per heavy atom. The molecule has 0 spiro atoms. The van der Waals surface area contributed by atoms with E-state index in [1.54, 1.807) is 17.8 Å². The van der Waals surface area contributed by atoms with Gasteiger partial charge in [0.1, 0.15) is 5.69 Å². The lowest BCUT2D eigenvalue weighted by Gasteiger charge is -2.18. The molecule has 1 aromatic carbocycles. The van der Waals surface area contributed by atoms with Crippen LogP contribution in [0.5, 0.6) is 0 Å².